The Hall–Kier alpha value is -3.35. The molecule has 1 aromatic carbocycles. The van der Waals surface area contributed by atoms with Gasteiger partial charge in [-0.1, -0.05) is 0 Å². The van der Waals surface area contributed by atoms with Crippen LogP contribution in [0.25, 0.3) is 0 Å². The molecule has 25 heavy (non-hydrogen) atoms. The number of nitrogens with one attached hydrogen (secondary N) is 3. The van der Waals surface area contributed by atoms with Gasteiger partial charge < -0.3 is 16.0 Å². The first-order valence-corrected chi connectivity index (χ1v) is 7.51. The quantitative estimate of drug-likeness (QED) is 0.591. The molecule has 3 rings (SSSR count). The first-order chi connectivity index (χ1) is 12.2. The van der Waals surface area contributed by atoms with Gasteiger partial charge in [-0.25, -0.2) is 13.8 Å². The van der Waals surface area contributed by atoms with Crippen LogP contribution in [-0.4, -0.2) is 16.2 Å². The molecule has 0 fully saturated rings. The van der Waals surface area contributed by atoms with Gasteiger partial charge in [-0.15, -0.1) is 0 Å². The number of aromatic nitrogens is 2. The largest absolute Gasteiger partial charge is 0.380 e. The molecular formula is C18H15F2N5. The number of hydrogen-bond acceptors (Lipinski definition) is 5. The lowest BCUT2D eigenvalue weighted by molar-refractivity contribution is 0.587. The molecular weight excluding hydrogens is 324 g/mol. The molecule has 5 nitrogen and oxygen atoms in total. The molecule has 0 amide bonds. The summed E-state index contributed by atoms with van der Waals surface area (Å²) in [5.41, 5.74) is 2.09. The Morgan fingerprint density at radius 1 is 1.12 bits per heavy atom. The van der Waals surface area contributed by atoms with Gasteiger partial charge >= 0.3 is 0 Å². The van der Waals surface area contributed by atoms with E-state index < -0.39 is 11.6 Å². The van der Waals surface area contributed by atoms with Crippen molar-refractivity contribution in [2.75, 3.05) is 10.6 Å². The highest BCUT2D eigenvalue weighted by Gasteiger charge is 2.07. The lowest BCUT2D eigenvalue weighted by atomic mass is 10.2. The number of anilines is 3. The predicted octanol–water partition coefficient (Wildman–Crippen LogP) is 4.11. The van der Waals surface area contributed by atoms with Crippen LogP contribution < -0.4 is 10.6 Å². The molecule has 0 saturated heterocycles. The van der Waals surface area contributed by atoms with E-state index in [0.29, 0.717) is 17.1 Å². The van der Waals surface area contributed by atoms with Gasteiger partial charge in [0.25, 0.3) is 0 Å². The van der Waals surface area contributed by atoms with Gasteiger partial charge in [0.15, 0.2) is 0 Å². The van der Waals surface area contributed by atoms with Crippen LogP contribution >= 0.6 is 0 Å². The summed E-state index contributed by atoms with van der Waals surface area (Å²) in [4.78, 5) is 8.24. The summed E-state index contributed by atoms with van der Waals surface area (Å²) in [6, 6.07) is 8.64. The van der Waals surface area contributed by atoms with Crippen LogP contribution in [0.3, 0.4) is 0 Å². The van der Waals surface area contributed by atoms with Crippen LogP contribution in [0.5, 0.6) is 0 Å². The molecule has 0 saturated carbocycles. The van der Waals surface area contributed by atoms with E-state index in [2.05, 4.69) is 20.6 Å². The SMILES string of the molecule is N=Cc1cnc(Nc2cccnc2)cc1NCc1cc(F)ccc1F. The second-order valence-electron chi connectivity index (χ2n) is 5.26. The first kappa shape index (κ1) is 16.5. The first-order valence-electron chi connectivity index (χ1n) is 7.51. The van der Waals surface area contributed by atoms with E-state index in [1.165, 1.54) is 6.20 Å². The summed E-state index contributed by atoms with van der Waals surface area (Å²) in [7, 11) is 0. The van der Waals surface area contributed by atoms with Gasteiger partial charge in [0.1, 0.15) is 17.5 Å². The lowest BCUT2D eigenvalue weighted by Gasteiger charge is -2.12. The average Bonchev–Trinajstić information content (AvgIpc) is 2.63. The zero-order valence-corrected chi connectivity index (χ0v) is 13.1. The minimum absolute atomic E-state index is 0.0841. The Bertz CT molecular complexity index is 884. The Morgan fingerprint density at radius 3 is 2.76 bits per heavy atom. The summed E-state index contributed by atoms with van der Waals surface area (Å²) in [5, 5.41) is 13.6. The van der Waals surface area contributed by atoms with Crippen molar-refractivity contribution >= 4 is 23.4 Å². The summed E-state index contributed by atoms with van der Waals surface area (Å²) in [6.45, 7) is 0.0841. The number of halogens is 2. The van der Waals surface area contributed by atoms with Crippen LogP contribution in [0.15, 0.2) is 55.0 Å². The van der Waals surface area contributed by atoms with Crippen molar-refractivity contribution in [2.24, 2.45) is 0 Å². The number of rotatable bonds is 6. The monoisotopic (exact) mass is 339 g/mol. The van der Waals surface area contributed by atoms with Crippen molar-refractivity contribution in [1.82, 2.24) is 9.97 Å². The summed E-state index contributed by atoms with van der Waals surface area (Å²) in [5.74, 6) is -0.451. The Kier molecular flexibility index (Phi) is 4.94. The smallest absolute Gasteiger partial charge is 0.132 e. The van der Waals surface area contributed by atoms with Crippen molar-refractivity contribution < 1.29 is 8.78 Å². The van der Waals surface area contributed by atoms with Gasteiger partial charge in [-0.2, -0.15) is 0 Å². The van der Waals surface area contributed by atoms with Crippen LogP contribution in [0.2, 0.25) is 0 Å². The molecule has 3 aromatic rings. The molecule has 0 radical (unpaired) electrons. The minimum Gasteiger partial charge on any atom is -0.380 e. The zero-order chi connectivity index (χ0) is 17.6. The van der Waals surface area contributed by atoms with Gasteiger partial charge in [0.05, 0.1) is 11.9 Å². The number of nitrogens with zero attached hydrogens (tertiary/aromatic N) is 2. The Balaban J connectivity index is 1.80. The normalized spacial score (nSPS) is 10.3. The second kappa shape index (κ2) is 7.48. The Morgan fingerprint density at radius 2 is 2.00 bits per heavy atom. The molecule has 2 aromatic heterocycles. The van der Waals surface area contributed by atoms with E-state index in [1.807, 2.05) is 6.07 Å². The molecule has 7 heteroatoms. The highest BCUT2D eigenvalue weighted by atomic mass is 19.1. The van der Waals surface area contributed by atoms with Crippen LogP contribution in [-0.2, 0) is 6.54 Å². The molecule has 126 valence electrons. The molecule has 2 heterocycles. The van der Waals surface area contributed by atoms with E-state index >= 15 is 0 Å². The fraction of sp³-hybridized carbons (Fsp3) is 0.0556. The maximum atomic E-state index is 13.7. The molecule has 3 N–H and O–H groups in total. The maximum Gasteiger partial charge on any atom is 0.132 e. The summed E-state index contributed by atoms with van der Waals surface area (Å²) < 4.78 is 27.0. The molecule has 0 atom stereocenters. The van der Waals surface area contributed by atoms with Crippen LogP contribution in [0.4, 0.5) is 26.0 Å². The van der Waals surface area contributed by atoms with Gasteiger partial charge in [0, 0.05) is 48.0 Å². The maximum absolute atomic E-state index is 13.7. The second-order valence-corrected chi connectivity index (χ2v) is 5.26. The molecule has 0 aliphatic carbocycles. The van der Waals surface area contributed by atoms with Crippen LogP contribution in [0, 0.1) is 17.0 Å². The van der Waals surface area contributed by atoms with Crippen molar-refractivity contribution in [3.05, 3.63) is 77.8 Å². The third-order valence-corrected chi connectivity index (χ3v) is 3.50. The molecule has 0 unspecified atom stereocenters. The molecule has 0 aliphatic heterocycles. The highest BCUT2D eigenvalue weighted by Crippen LogP contribution is 2.21. The topological polar surface area (TPSA) is 73.7 Å². The standard InChI is InChI=1S/C18H15F2N5/c19-14-3-4-16(20)12(6-14)9-23-17-7-18(24-10-13(17)8-21)25-15-2-1-5-22-11-15/h1-8,10-11,21H,9H2,(H2,23,24,25). The summed E-state index contributed by atoms with van der Waals surface area (Å²) >= 11 is 0. The molecule has 0 bridgehead atoms. The van der Waals surface area contributed by atoms with Gasteiger partial charge in [0.2, 0.25) is 0 Å². The third-order valence-electron chi connectivity index (χ3n) is 3.50. The van der Waals surface area contributed by atoms with E-state index in [-0.39, 0.29) is 12.1 Å². The third kappa shape index (κ3) is 4.14. The van der Waals surface area contributed by atoms with Gasteiger partial charge in [-0.3, -0.25) is 4.98 Å². The lowest BCUT2D eigenvalue weighted by Crippen LogP contribution is -2.06. The van der Waals surface area contributed by atoms with Crippen LogP contribution in [0.1, 0.15) is 11.1 Å². The summed E-state index contributed by atoms with van der Waals surface area (Å²) in [6.07, 6.45) is 5.99. The Labute approximate surface area is 143 Å². The van der Waals surface area contributed by atoms with Crippen molar-refractivity contribution in [3.63, 3.8) is 0 Å². The zero-order valence-electron chi connectivity index (χ0n) is 13.1. The highest BCUT2D eigenvalue weighted by molar-refractivity contribution is 5.86. The van der Waals surface area contributed by atoms with Crippen molar-refractivity contribution in [3.8, 4) is 0 Å². The molecule has 0 aliphatic rings. The van der Waals surface area contributed by atoms with Gasteiger partial charge in [-0.05, 0) is 30.3 Å². The molecule has 0 spiro atoms. The minimum atomic E-state index is -0.501. The van der Waals surface area contributed by atoms with E-state index in [0.717, 1.165) is 30.1 Å². The van der Waals surface area contributed by atoms with E-state index in [1.54, 1.807) is 24.5 Å². The van der Waals surface area contributed by atoms with E-state index in [4.69, 9.17) is 5.41 Å². The number of pyridine rings is 2. The fourth-order valence-corrected chi connectivity index (χ4v) is 2.26. The van der Waals surface area contributed by atoms with Crippen molar-refractivity contribution in [1.29, 1.82) is 5.41 Å². The van der Waals surface area contributed by atoms with Crippen molar-refractivity contribution in [2.45, 2.75) is 6.54 Å². The number of hydrogen-bond donors (Lipinski definition) is 3. The van der Waals surface area contributed by atoms with E-state index in [9.17, 15) is 8.78 Å². The predicted molar refractivity (Wildman–Crippen MR) is 93.3 cm³/mol. The average molecular weight is 339 g/mol. The number of benzene rings is 1. The fourth-order valence-electron chi connectivity index (χ4n) is 2.26.